The minimum absolute atomic E-state index is 0.0263. The number of ether oxygens (including phenoxy) is 1. The molecule has 1 unspecified atom stereocenters. The Morgan fingerprint density at radius 3 is 2.95 bits per heavy atom. The van der Waals surface area contributed by atoms with Crippen molar-refractivity contribution in [2.24, 2.45) is 5.41 Å². The van der Waals surface area contributed by atoms with Gasteiger partial charge in [0, 0.05) is 34.8 Å². The zero-order valence-corrected chi connectivity index (χ0v) is 13.0. The highest BCUT2D eigenvalue weighted by Gasteiger charge is 2.66. The number of hydrogen-bond donors (Lipinski definition) is 0. The molecule has 2 atom stereocenters. The molecule has 2 saturated heterocycles. The van der Waals surface area contributed by atoms with Crippen molar-refractivity contribution < 1.29 is 9.53 Å². The lowest BCUT2D eigenvalue weighted by atomic mass is 9.67. The van der Waals surface area contributed by atoms with Crippen molar-refractivity contribution in [3.05, 3.63) is 22.8 Å². The van der Waals surface area contributed by atoms with Crippen LogP contribution in [0.5, 0.6) is 0 Å². The maximum Gasteiger partial charge on any atom is 0.332 e. The third-order valence-electron chi connectivity index (χ3n) is 4.95. The highest BCUT2D eigenvalue weighted by molar-refractivity contribution is 5.94. The Hall–Kier alpha value is -1.53. The third kappa shape index (κ3) is 1.69. The van der Waals surface area contributed by atoms with Gasteiger partial charge in [0.15, 0.2) is 5.60 Å². The third-order valence-corrected chi connectivity index (χ3v) is 4.95. The van der Waals surface area contributed by atoms with E-state index in [1.165, 1.54) is 18.4 Å². The Morgan fingerprint density at radius 1 is 1.38 bits per heavy atom. The van der Waals surface area contributed by atoms with E-state index in [0.717, 1.165) is 30.7 Å². The number of piperidine rings is 1. The molecule has 0 radical (unpaired) electrons. The van der Waals surface area contributed by atoms with E-state index in [1.54, 1.807) is 6.08 Å². The van der Waals surface area contributed by atoms with E-state index < -0.39 is 5.60 Å². The predicted molar refractivity (Wildman–Crippen MR) is 80.4 cm³/mol. The van der Waals surface area contributed by atoms with Crippen LogP contribution in [0.1, 0.15) is 40.0 Å². The van der Waals surface area contributed by atoms with E-state index in [-0.39, 0.29) is 11.4 Å². The van der Waals surface area contributed by atoms with Gasteiger partial charge in [-0.15, -0.1) is 0 Å². The molecule has 4 aliphatic rings. The smallest absolute Gasteiger partial charge is 0.332 e. The molecule has 3 heterocycles. The molecule has 110 valence electrons. The van der Waals surface area contributed by atoms with Gasteiger partial charge < -0.3 is 4.74 Å². The lowest BCUT2D eigenvalue weighted by Crippen LogP contribution is -2.52. The van der Waals surface area contributed by atoms with Gasteiger partial charge in [-0.05, 0) is 40.2 Å². The first-order chi connectivity index (χ1) is 9.92. The van der Waals surface area contributed by atoms with Gasteiger partial charge >= 0.3 is 5.97 Å². The average molecular weight is 283 g/mol. The summed E-state index contributed by atoms with van der Waals surface area (Å²) in [6.07, 6.45) is 5.27. The molecular weight excluding hydrogens is 262 g/mol. The summed E-state index contributed by atoms with van der Waals surface area (Å²) in [5.74, 6) is 6.45. The second-order valence-electron chi connectivity index (χ2n) is 7.55. The normalized spacial score (nSPS) is 34.1. The molecule has 21 heavy (non-hydrogen) atoms. The SMILES string of the molecule is CC(C)(C)C#CC1=C2CN3CCCCC3[C@]23OC(=O)C=C13. The number of esters is 1. The summed E-state index contributed by atoms with van der Waals surface area (Å²) in [5, 5.41) is 0. The van der Waals surface area contributed by atoms with Gasteiger partial charge in [-0.25, -0.2) is 4.79 Å². The molecule has 2 fully saturated rings. The van der Waals surface area contributed by atoms with Gasteiger partial charge in [0.1, 0.15) is 0 Å². The first-order valence-electron chi connectivity index (χ1n) is 7.88. The van der Waals surface area contributed by atoms with Gasteiger partial charge in [-0.2, -0.15) is 0 Å². The standard InChI is InChI=1S/C18H21NO2/c1-17(2,3)8-7-12-13-10-16(20)21-18(13)14(12)11-19-9-5-4-6-15(18)19/h10,15H,4-6,9,11H2,1-3H3/t15?,18-/m1/s1. The number of fused-ring (bicyclic) bond motifs is 1. The molecule has 0 amide bonds. The van der Waals surface area contributed by atoms with Crippen molar-refractivity contribution in [1.82, 2.24) is 4.90 Å². The number of carbonyl (C=O) groups is 1. The van der Waals surface area contributed by atoms with Crippen LogP contribution in [-0.4, -0.2) is 35.6 Å². The van der Waals surface area contributed by atoms with Crippen LogP contribution in [0.3, 0.4) is 0 Å². The molecule has 1 aliphatic carbocycles. The van der Waals surface area contributed by atoms with E-state index in [0.29, 0.717) is 6.04 Å². The Labute approximate surface area is 126 Å². The first kappa shape index (κ1) is 13.2. The molecule has 3 aliphatic heterocycles. The maximum absolute atomic E-state index is 11.9. The summed E-state index contributed by atoms with van der Waals surface area (Å²) < 4.78 is 5.80. The molecule has 0 aromatic rings. The lowest BCUT2D eigenvalue weighted by Gasteiger charge is -2.43. The van der Waals surface area contributed by atoms with E-state index >= 15 is 0 Å². The molecule has 3 nitrogen and oxygen atoms in total. The van der Waals surface area contributed by atoms with Crippen LogP contribution < -0.4 is 0 Å². The van der Waals surface area contributed by atoms with E-state index in [1.807, 2.05) is 0 Å². The molecule has 0 saturated carbocycles. The Balaban J connectivity index is 1.79. The Kier molecular flexibility index (Phi) is 2.52. The molecule has 4 rings (SSSR count). The summed E-state index contributed by atoms with van der Waals surface area (Å²) in [5.41, 5.74) is 2.92. The molecule has 1 spiro atoms. The lowest BCUT2D eigenvalue weighted by molar-refractivity contribution is -0.146. The second-order valence-corrected chi connectivity index (χ2v) is 7.55. The van der Waals surface area contributed by atoms with E-state index in [4.69, 9.17) is 4.74 Å². The summed E-state index contributed by atoms with van der Waals surface area (Å²) in [4.78, 5) is 14.4. The fourth-order valence-corrected chi connectivity index (χ4v) is 4.12. The molecule has 0 aromatic carbocycles. The Bertz CT molecular complexity index is 653. The van der Waals surface area contributed by atoms with Gasteiger partial charge in [-0.1, -0.05) is 18.3 Å². The second kappa shape index (κ2) is 4.01. The van der Waals surface area contributed by atoms with Crippen LogP contribution in [0.15, 0.2) is 22.8 Å². The van der Waals surface area contributed by atoms with E-state index in [9.17, 15) is 4.79 Å². The molecule has 0 aromatic heterocycles. The van der Waals surface area contributed by atoms with Gasteiger partial charge in [0.05, 0.1) is 6.04 Å². The van der Waals surface area contributed by atoms with Crippen LogP contribution in [-0.2, 0) is 9.53 Å². The van der Waals surface area contributed by atoms with Crippen LogP contribution >= 0.6 is 0 Å². The zero-order valence-electron chi connectivity index (χ0n) is 13.0. The van der Waals surface area contributed by atoms with Crippen molar-refractivity contribution in [3.63, 3.8) is 0 Å². The van der Waals surface area contributed by atoms with Gasteiger partial charge in [0.2, 0.25) is 0 Å². The Morgan fingerprint density at radius 2 is 2.19 bits per heavy atom. The predicted octanol–water partition coefficient (Wildman–Crippen LogP) is 2.44. The van der Waals surface area contributed by atoms with Crippen LogP contribution in [0, 0.1) is 17.3 Å². The van der Waals surface area contributed by atoms with Crippen LogP contribution in [0.4, 0.5) is 0 Å². The number of rotatable bonds is 0. The number of carbonyl (C=O) groups excluding carboxylic acids is 1. The number of hydrogen-bond acceptors (Lipinski definition) is 3. The summed E-state index contributed by atoms with van der Waals surface area (Å²) >= 11 is 0. The van der Waals surface area contributed by atoms with Crippen LogP contribution in [0.2, 0.25) is 0 Å². The summed E-state index contributed by atoms with van der Waals surface area (Å²) in [6, 6.07) is 0.346. The minimum atomic E-state index is -0.431. The topological polar surface area (TPSA) is 29.5 Å². The van der Waals surface area contributed by atoms with Crippen molar-refractivity contribution in [2.45, 2.75) is 51.7 Å². The molecule has 0 N–H and O–H groups in total. The van der Waals surface area contributed by atoms with Gasteiger partial charge in [0.25, 0.3) is 0 Å². The minimum Gasteiger partial charge on any atom is -0.445 e. The first-order valence-corrected chi connectivity index (χ1v) is 7.88. The monoisotopic (exact) mass is 283 g/mol. The summed E-state index contributed by atoms with van der Waals surface area (Å²) in [7, 11) is 0. The largest absolute Gasteiger partial charge is 0.445 e. The highest BCUT2D eigenvalue weighted by atomic mass is 16.6. The van der Waals surface area contributed by atoms with Crippen molar-refractivity contribution in [1.29, 1.82) is 0 Å². The zero-order chi connectivity index (χ0) is 14.8. The fraction of sp³-hybridized carbons (Fsp3) is 0.611. The van der Waals surface area contributed by atoms with Crippen molar-refractivity contribution in [2.75, 3.05) is 13.1 Å². The molecule has 0 bridgehead atoms. The molecule has 3 heteroatoms. The van der Waals surface area contributed by atoms with Crippen molar-refractivity contribution >= 4 is 5.97 Å². The van der Waals surface area contributed by atoms with Gasteiger partial charge in [-0.3, -0.25) is 4.90 Å². The highest BCUT2D eigenvalue weighted by Crippen LogP contribution is 2.58. The van der Waals surface area contributed by atoms with Crippen LogP contribution in [0.25, 0.3) is 0 Å². The molecular formula is C18H21NO2. The summed E-state index contributed by atoms with van der Waals surface area (Å²) in [6.45, 7) is 8.36. The fourth-order valence-electron chi connectivity index (χ4n) is 4.12. The number of nitrogens with zero attached hydrogens (tertiary/aromatic N) is 1. The van der Waals surface area contributed by atoms with Crippen molar-refractivity contribution in [3.8, 4) is 11.8 Å². The maximum atomic E-state index is 11.9. The average Bonchev–Trinajstić information content (AvgIpc) is 2.85. The van der Waals surface area contributed by atoms with E-state index in [2.05, 4.69) is 37.5 Å². The quantitative estimate of drug-likeness (QED) is 0.505.